The molecule has 0 N–H and O–H groups in total. The second-order valence-corrected chi connectivity index (χ2v) is 4.18. The van der Waals surface area contributed by atoms with E-state index in [-0.39, 0.29) is 0 Å². The van der Waals surface area contributed by atoms with Gasteiger partial charge in [0.05, 0.1) is 0 Å². The molecule has 3 nitrogen and oxygen atoms in total. The van der Waals surface area contributed by atoms with Crippen LogP contribution in [0.1, 0.15) is 25.6 Å². The van der Waals surface area contributed by atoms with Gasteiger partial charge in [0.1, 0.15) is 16.2 Å². The SMILES string of the molecule is CCCCN(C)c1cc(Br)nc(C)n1. The summed E-state index contributed by atoms with van der Waals surface area (Å²) in [4.78, 5) is 10.7. The number of unbranched alkanes of at least 4 members (excludes halogenated alkanes) is 1. The first-order chi connectivity index (χ1) is 6.63. The van der Waals surface area contributed by atoms with Gasteiger partial charge in [0.15, 0.2) is 0 Å². The van der Waals surface area contributed by atoms with Crippen LogP contribution in [0.25, 0.3) is 0 Å². The highest BCUT2D eigenvalue weighted by atomic mass is 79.9. The zero-order valence-corrected chi connectivity index (χ0v) is 10.5. The number of anilines is 1. The Balaban J connectivity index is 2.73. The van der Waals surface area contributed by atoms with Crippen LogP contribution < -0.4 is 4.90 Å². The highest BCUT2D eigenvalue weighted by molar-refractivity contribution is 9.10. The number of hydrogen-bond acceptors (Lipinski definition) is 3. The molecule has 0 spiro atoms. The van der Waals surface area contributed by atoms with Crippen molar-refractivity contribution in [3.8, 4) is 0 Å². The summed E-state index contributed by atoms with van der Waals surface area (Å²) in [5.41, 5.74) is 0. The van der Waals surface area contributed by atoms with Crippen LogP contribution in [0.4, 0.5) is 5.82 Å². The fraction of sp³-hybridized carbons (Fsp3) is 0.600. The average Bonchev–Trinajstić information content (AvgIpc) is 2.12. The van der Waals surface area contributed by atoms with Gasteiger partial charge in [-0.25, -0.2) is 9.97 Å². The van der Waals surface area contributed by atoms with Gasteiger partial charge in [0.25, 0.3) is 0 Å². The van der Waals surface area contributed by atoms with E-state index in [0.717, 1.165) is 22.8 Å². The Labute approximate surface area is 93.7 Å². The summed E-state index contributed by atoms with van der Waals surface area (Å²) >= 11 is 3.37. The van der Waals surface area contributed by atoms with Gasteiger partial charge in [-0.1, -0.05) is 13.3 Å². The minimum Gasteiger partial charge on any atom is -0.360 e. The molecule has 4 heteroatoms. The van der Waals surface area contributed by atoms with Gasteiger partial charge in [-0.05, 0) is 29.3 Å². The Morgan fingerprint density at radius 2 is 2.14 bits per heavy atom. The van der Waals surface area contributed by atoms with Gasteiger partial charge in [0.2, 0.25) is 0 Å². The Morgan fingerprint density at radius 3 is 2.71 bits per heavy atom. The van der Waals surface area contributed by atoms with E-state index in [2.05, 4.69) is 44.8 Å². The first kappa shape index (κ1) is 11.4. The second kappa shape index (κ2) is 5.29. The molecule has 0 saturated heterocycles. The predicted octanol–water partition coefficient (Wildman–Crippen LogP) is 2.78. The Bertz CT molecular complexity index is 281. The van der Waals surface area contributed by atoms with Gasteiger partial charge in [-0.2, -0.15) is 0 Å². The van der Waals surface area contributed by atoms with E-state index in [4.69, 9.17) is 0 Å². The predicted molar refractivity (Wildman–Crippen MR) is 62.6 cm³/mol. The van der Waals surface area contributed by atoms with Gasteiger partial charge < -0.3 is 4.90 Å². The minimum atomic E-state index is 0.803. The molecule has 1 rings (SSSR count). The molecule has 1 aromatic heterocycles. The lowest BCUT2D eigenvalue weighted by molar-refractivity contribution is 0.755. The van der Waals surface area contributed by atoms with Crippen LogP contribution >= 0.6 is 15.9 Å². The molecule has 78 valence electrons. The monoisotopic (exact) mass is 257 g/mol. The molecule has 0 amide bonds. The first-order valence-electron chi connectivity index (χ1n) is 4.85. The molecular weight excluding hydrogens is 242 g/mol. The van der Waals surface area contributed by atoms with Crippen molar-refractivity contribution in [2.24, 2.45) is 0 Å². The number of nitrogens with zero attached hydrogens (tertiary/aromatic N) is 3. The molecule has 0 aliphatic heterocycles. The number of hydrogen-bond donors (Lipinski definition) is 0. The van der Waals surface area contributed by atoms with Crippen LogP contribution in [0.2, 0.25) is 0 Å². The van der Waals surface area contributed by atoms with E-state index in [1.54, 1.807) is 0 Å². The molecule has 0 unspecified atom stereocenters. The molecule has 0 aliphatic rings. The van der Waals surface area contributed by atoms with E-state index in [0.29, 0.717) is 0 Å². The van der Waals surface area contributed by atoms with Gasteiger partial charge in [-0.3, -0.25) is 0 Å². The topological polar surface area (TPSA) is 29.0 Å². The van der Waals surface area contributed by atoms with Crippen LogP contribution in [0, 0.1) is 6.92 Å². The van der Waals surface area contributed by atoms with Crippen molar-refractivity contribution in [3.05, 3.63) is 16.5 Å². The third-order valence-corrected chi connectivity index (χ3v) is 2.44. The third-order valence-electron chi connectivity index (χ3n) is 2.03. The molecule has 1 aromatic rings. The van der Waals surface area contributed by atoms with Crippen molar-refractivity contribution in [1.29, 1.82) is 0 Å². The van der Waals surface area contributed by atoms with E-state index >= 15 is 0 Å². The zero-order chi connectivity index (χ0) is 10.6. The summed E-state index contributed by atoms with van der Waals surface area (Å²) in [5, 5.41) is 0. The zero-order valence-electron chi connectivity index (χ0n) is 8.92. The van der Waals surface area contributed by atoms with Crippen LogP contribution in [-0.4, -0.2) is 23.6 Å². The molecular formula is C10H16BrN3. The number of aromatic nitrogens is 2. The maximum absolute atomic E-state index is 4.37. The van der Waals surface area contributed by atoms with Crippen molar-refractivity contribution in [1.82, 2.24) is 9.97 Å². The molecule has 14 heavy (non-hydrogen) atoms. The molecule has 1 heterocycles. The number of halogens is 1. The summed E-state index contributed by atoms with van der Waals surface area (Å²) in [5.74, 6) is 1.79. The van der Waals surface area contributed by atoms with Crippen LogP contribution in [0.15, 0.2) is 10.7 Å². The summed E-state index contributed by atoms with van der Waals surface area (Å²) in [6, 6.07) is 1.95. The molecule has 0 saturated carbocycles. The minimum absolute atomic E-state index is 0.803. The quantitative estimate of drug-likeness (QED) is 0.777. The normalized spacial score (nSPS) is 10.3. The van der Waals surface area contributed by atoms with Crippen molar-refractivity contribution >= 4 is 21.7 Å². The first-order valence-corrected chi connectivity index (χ1v) is 5.65. The molecule has 0 fully saturated rings. The maximum Gasteiger partial charge on any atom is 0.133 e. The van der Waals surface area contributed by atoms with Gasteiger partial charge in [0, 0.05) is 19.7 Å². The molecule has 0 atom stereocenters. The third kappa shape index (κ3) is 3.25. The van der Waals surface area contributed by atoms with Gasteiger partial charge in [-0.15, -0.1) is 0 Å². The van der Waals surface area contributed by atoms with E-state index in [1.165, 1.54) is 12.8 Å². The van der Waals surface area contributed by atoms with Crippen LogP contribution in [-0.2, 0) is 0 Å². The van der Waals surface area contributed by atoms with Crippen molar-refractivity contribution in [3.63, 3.8) is 0 Å². The molecule has 0 aromatic carbocycles. The Kier molecular flexibility index (Phi) is 4.32. The summed E-state index contributed by atoms with van der Waals surface area (Å²) in [6.07, 6.45) is 2.40. The molecule has 0 bridgehead atoms. The second-order valence-electron chi connectivity index (χ2n) is 3.37. The number of rotatable bonds is 4. The van der Waals surface area contributed by atoms with Crippen molar-refractivity contribution in [2.45, 2.75) is 26.7 Å². The highest BCUT2D eigenvalue weighted by Gasteiger charge is 2.04. The number of aryl methyl sites for hydroxylation is 1. The molecule has 0 radical (unpaired) electrons. The van der Waals surface area contributed by atoms with Crippen molar-refractivity contribution < 1.29 is 0 Å². The average molecular weight is 258 g/mol. The van der Waals surface area contributed by atoms with Crippen LogP contribution in [0.5, 0.6) is 0 Å². The smallest absolute Gasteiger partial charge is 0.133 e. The Hall–Kier alpha value is -0.640. The maximum atomic E-state index is 4.37. The molecule has 0 aliphatic carbocycles. The summed E-state index contributed by atoms with van der Waals surface area (Å²) in [6.45, 7) is 5.14. The summed E-state index contributed by atoms with van der Waals surface area (Å²) < 4.78 is 0.850. The fourth-order valence-corrected chi connectivity index (χ4v) is 1.68. The van der Waals surface area contributed by atoms with Gasteiger partial charge >= 0.3 is 0 Å². The summed E-state index contributed by atoms with van der Waals surface area (Å²) in [7, 11) is 2.06. The van der Waals surface area contributed by atoms with Crippen LogP contribution in [0.3, 0.4) is 0 Å². The lowest BCUT2D eigenvalue weighted by Crippen LogP contribution is -2.20. The fourth-order valence-electron chi connectivity index (χ4n) is 1.22. The van der Waals surface area contributed by atoms with E-state index in [9.17, 15) is 0 Å². The lowest BCUT2D eigenvalue weighted by atomic mass is 10.3. The van der Waals surface area contributed by atoms with Crippen molar-refractivity contribution in [2.75, 3.05) is 18.5 Å². The highest BCUT2D eigenvalue weighted by Crippen LogP contribution is 2.15. The standard InChI is InChI=1S/C10H16BrN3/c1-4-5-6-14(3)10-7-9(11)12-8(2)13-10/h7H,4-6H2,1-3H3. The lowest BCUT2D eigenvalue weighted by Gasteiger charge is -2.17. The van der Waals surface area contributed by atoms with E-state index < -0.39 is 0 Å². The Morgan fingerprint density at radius 1 is 1.43 bits per heavy atom. The van der Waals surface area contributed by atoms with E-state index in [1.807, 2.05) is 13.0 Å². The largest absolute Gasteiger partial charge is 0.360 e.